The smallest absolute Gasteiger partial charge is 0.410 e. The summed E-state index contributed by atoms with van der Waals surface area (Å²) in [6.07, 6.45) is 4.67. The van der Waals surface area contributed by atoms with E-state index in [0.29, 0.717) is 24.4 Å². The van der Waals surface area contributed by atoms with Crippen LogP contribution in [0.15, 0.2) is 0 Å². The molecule has 0 aromatic heterocycles. The highest BCUT2D eigenvalue weighted by atomic mass is 16.6. The molecule has 2 aliphatic rings. The zero-order valence-electron chi connectivity index (χ0n) is 11.8. The molecule has 0 spiro atoms. The Kier molecular flexibility index (Phi) is 3.85. The summed E-state index contributed by atoms with van der Waals surface area (Å²) in [5, 5.41) is 0. The van der Waals surface area contributed by atoms with Gasteiger partial charge in [-0.2, -0.15) is 0 Å². The Hall–Kier alpha value is -0.770. The Morgan fingerprint density at radius 2 is 2.00 bits per heavy atom. The molecule has 2 fully saturated rings. The van der Waals surface area contributed by atoms with Gasteiger partial charge in [-0.15, -0.1) is 0 Å². The molecule has 3 atom stereocenters. The first kappa shape index (κ1) is 13.7. The number of fused-ring (bicyclic) bond motifs is 1. The van der Waals surface area contributed by atoms with Crippen LogP contribution in [0.5, 0.6) is 0 Å². The van der Waals surface area contributed by atoms with Gasteiger partial charge in [-0.25, -0.2) is 4.79 Å². The summed E-state index contributed by atoms with van der Waals surface area (Å²) in [6, 6.07) is 0.363. The van der Waals surface area contributed by atoms with E-state index in [2.05, 4.69) is 0 Å². The number of amides is 1. The van der Waals surface area contributed by atoms with Gasteiger partial charge >= 0.3 is 6.09 Å². The molecular weight excluding hydrogens is 228 g/mol. The van der Waals surface area contributed by atoms with Crippen LogP contribution in [0.2, 0.25) is 0 Å². The number of nitrogens with two attached hydrogens (primary N) is 1. The molecule has 0 bridgehead atoms. The molecule has 0 aromatic rings. The number of rotatable bonds is 1. The zero-order chi connectivity index (χ0) is 13.3. The minimum atomic E-state index is -0.415. The fraction of sp³-hybridized carbons (Fsp3) is 0.929. The normalized spacial score (nSPS) is 32.2. The second kappa shape index (κ2) is 5.08. The van der Waals surface area contributed by atoms with Crippen molar-refractivity contribution in [3.63, 3.8) is 0 Å². The van der Waals surface area contributed by atoms with E-state index < -0.39 is 5.60 Å². The van der Waals surface area contributed by atoms with Crippen molar-refractivity contribution in [2.24, 2.45) is 17.6 Å². The summed E-state index contributed by atoms with van der Waals surface area (Å²) in [4.78, 5) is 14.2. The van der Waals surface area contributed by atoms with Crippen LogP contribution in [-0.2, 0) is 4.74 Å². The lowest BCUT2D eigenvalue weighted by molar-refractivity contribution is 0.0182. The van der Waals surface area contributed by atoms with Crippen LogP contribution in [-0.4, -0.2) is 35.7 Å². The van der Waals surface area contributed by atoms with Crippen LogP contribution in [0, 0.1) is 11.8 Å². The number of ether oxygens (including phenoxy) is 1. The van der Waals surface area contributed by atoms with Crippen molar-refractivity contribution < 1.29 is 9.53 Å². The van der Waals surface area contributed by atoms with Gasteiger partial charge in [0.1, 0.15) is 5.60 Å². The maximum Gasteiger partial charge on any atom is 0.410 e. The molecule has 1 aliphatic heterocycles. The van der Waals surface area contributed by atoms with Crippen molar-refractivity contribution in [2.75, 3.05) is 13.1 Å². The lowest BCUT2D eigenvalue weighted by Gasteiger charge is -2.33. The van der Waals surface area contributed by atoms with E-state index in [1.54, 1.807) is 0 Å². The van der Waals surface area contributed by atoms with Gasteiger partial charge in [0.25, 0.3) is 0 Å². The van der Waals surface area contributed by atoms with Crippen molar-refractivity contribution in [1.29, 1.82) is 0 Å². The maximum atomic E-state index is 12.2. The van der Waals surface area contributed by atoms with Crippen LogP contribution in [0.1, 0.15) is 46.5 Å². The number of likely N-dealkylation sites (tertiary alicyclic amines) is 1. The van der Waals surface area contributed by atoms with Gasteiger partial charge in [-0.05, 0) is 52.0 Å². The molecule has 3 unspecified atom stereocenters. The van der Waals surface area contributed by atoms with Crippen molar-refractivity contribution >= 4 is 6.09 Å². The molecule has 104 valence electrons. The largest absolute Gasteiger partial charge is 0.444 e. The van der Waals surface area contributed by atoms with Gasteiger partial charge in [0.2, 0.25) is 0 Å². The van der Waals surface area contributed by atoms with E-state index in [-0.39, 0.29) is 6.09 Å². The van der Waals surface area contributed by atoms with Crippen molar-refractivity contribution in [2.45, 2.75) is 58.1 Å². The van der Waals surface area contributed by atoms with Crippen molar-refractivity contribution in [3.05, 3.63) is 0 Å². The molecule has 1 saturated heterocycles. The highest BCUT2D eigenvalue weighted by molar-refractivity contribution is 5.69. The molecule has 4 nitrogen and oxygen atoms in total. The zero-order valence-corrected chi connectivity index (χ0v) is 11.8. The van der Waals surface area contributed by atoms with Crippen LogP contribution in [0.25, 0.3) is 0 Å². The third-order valence-electron chi connectivity index (χ3n) is 4.15. The van der Waals surface area contributed by atoms with Crippen LogP contribution in [0.3, 0.4) is 0 Å². The van der Waals surface area contributed by atoms with Gasteiger partial charge in [-0.3, -0.25) is 0 Å². The summed E-state index contributed by atoms with van der Waals surface area (Å²) < 4.78 is 5.51. The molecule has 0 radical (unpaired) electrons. The SMILES string of the molecule is CC(C)(C)OC(=O)N1CC(CN)C2CCCCC21. The van der Waals surface area contributed by atoms with Crippen molar-refractivity contribution in [1.82, 2.24) is 4.90 Å². The average molecular weight is 254 g/mol. The fourth-order valence-corrected chi connectivity index (χ4v) is 3.38. The number of carbonyl (C=O) groups excluding carboxylic acids is 1. The number of carbonyl (C=O) groups is 1. The quantitative estimate of drug-likeness (QED) is 0.781. The molecular formula is C14H26N2O2. The summed E-state index contributed by atoms with van der Waals surface area (Å²) >= 11 is 0. The minimum Gasteiger partial charge on any atom is -0.444 e. The Bertz CT molecular complexity index is 311. The fourth-order valence-electron chi connectivity index (χ4n) is 3.38. The Morgan fingerprint density at radius 1 is 1.33 bits per heavy atom. The summed E-state index contributed by atoms with van der Waals surface area (Å²) in [5.41, 5.74) is 5.44. The standard InChI is InChI=1S/C14H26N2O2/c1-14(2,3)18-13(17)16-9-10(8-15)11-6-4-5-7-12(11)16/h10-12H,4-9,15H2,1-3H3. The summed E-state index contributed by atoms with van der Waals surface area (Å²) in [6.45, 7) is 7.21. The van der Waals surface area contributed by atoms with Gasteiger partial charge in [0, 0.05) is 12.6 Å². The lowest BCUT2D eigenvalue weighted by atomic mass is 9.80. The van der Waals surface area contributed by atoms with E-state index in [4.69, 9.17) is 10.5 Å². The molecule has 2 rings (SSSR count). The highest BCUT2D eigenvalue weighted by Gasteiger charge is 2.45. The number of hydrogen-bond acceptors (Lipinski definition) is 3. The third-order valence-corrected chi connectivity index (χ3v) is 4.15. The number of nitrogens with zero attached hydrogens (tertiary/aromatic N) is 1. The molecule has 18 heavy (non-hydrogen) atoms. The number of hydrogen-bond donors (Lipinski definition) is 1. The topological polar surface area (TPSA) is 55.6 Å². The van der Waals surface area contributed by atoms with Crippen LogP contribution in [0.4, 0.5) is 4.79 Å². The highest BCUT2D eigenvalue weighted by Crippen LogP contribution is 2.40. The Labute approximate surface area is 110 Å². The van der Waals surface area contributed by atoms with E-state index in [1.165, 1.54) is 19.3 Å². The second-order valence-electron chi connectivity index (χ2n) is 6.64. The van der Waals surface area contributed by atoms with Gasteiger partial charge < -0.3 is 15.4 Å². The van der Waals surface area contributed by atoms with Gasteiger partial charge in [0.15, 0.2) is 0 Å². The lowest BCUT2D eigenvalue weighted by Crippen LogP contribution is -2.42. The van der Waals surface area contributed by atoms with E-state index in [9.17, 15) is 4.79 Å². The summed E-state index contributed by atoms with van der Waals surface area (Å²) in [7, 11) is 0. The Morgan fingerprint density at radius 3 is 2.61 bits per heavy atom. The molecule has 2 N–H and O–H groups in total. The van der Waals surface area contributed by atoms with Gasteiger partial charge in [0.05, 0.1) is 0 Å². The second-order valence-corrected chi connectivity index (χ2v) is 6.64. The van der Waals surface area contributed by atoms with Crippen LogP contribution < -0.4 is 5.73 Å². The van der Waals surface area contributed by atoms with Crippen molar-refractivity contribution in [3.8, 4) is 0 Å². The van der Waals surface area contributed by atoms with E-state index in [0.717, 1.165) is 13.0 Å². The predicted octanol–water partition coefficient (Wildman–Crippen LogP) is 2.37. The first-order chi connectivity index (χ1) is 8.42. The Balaban J connectivity index is 2.06. The molecule has 1 saturated carbocycles. The average Bonchev–Trinajstić information content (AvgIpc) is 2.65. The first-order valence-electron chi connectivity index (χ1n) is 7.12. The van der Waals surface area contributed by atoms with Crippen LogP contribution >= 0.6 is 0 Å². The minimum absolute atomic E-state index is 0.157. The summed E-state index contributed by atoms with van der Waals surface area (Å²) in [5.74, 6) is 1.05. The molecule has 1 amide bonds. The molecule has 0 aromatic carbocycles. The van der Waals surface area contributed by atoms with E-state index >= 15 is 0 Å². The third kappa shape index (κ3) is 2.79. The molecule has 4 heteroatoms. The van der Waals surface area contributed by atoms with Gasteiger partial charge in [-0.1, -0.05) is 12.8 Å². The predicted molar refractivity (Wildman–Crippen MR) is 71.2 cm³/mol. The molecule has 1 heterocycles. The maximum absolute atomic E-state index is 12.2. The molecule has 1 aliphatic carbocycles. The van der Waals surface area contributed by atoms with E-state index in [1.807, 2.05) is 25.7 Å². The monoisotopic (exact) mass is 254 g/mol. The first-order valence-corrected chi connectivity index (χ1v) is 7.12.